The number of ether oxygens (including phenoxy) is 1. The fraction of sp³-hybridized carbons (Fsp3) is 0.727. The highest BCUT2D eigenvalue weighted by atomic mass is 19.3. The number of nitrogens with zero attached hydrogens (tertiary/aromatic N) is 1. The van der Waals surface area contributed by atoms with Crippen molar-refractivity contribution >= 4 is 0 Å². The Balaban J connectivity index is 1.62. The Morgan fingerprint density at radius 3 is 3.06 bits per heavy atom. The molecule has 1 N–H and O–H groups in total. The lowest BCUT2D eigenvalue weighted by molar-refractivity contribution is 0.0176. The van der Waals surface area contributed by atoms with Gasteiger partial charge in [0.05, 0.1) is 19.3 Å². The summed E-state index contributed by atoms with van der Waals surface area (Å²) >= 11 is 0. The Morgan fingerprint density at radius 2 is 2.35 bits per heavy atom. The molecule has 1 fully saturated rings. The van der Waals surface area contributed by atoms with Gasteiger partial charge in [0.15, 0.2) is 0 Å². The highest BCUT2D eigenvalue weighted by molar-refractivity contribution is 4.95. The van der Waals surface area contributed by atoms with E-state index >= 15 is 0 Å². The van der Waals surface area contributed by atoms with E-state index in [1.54, 1.807) is 6.20 Å². The first-order valence-electron chi connectivity index (χ1n) is 5.77. The topological polar surface area (TPSA) is 47.3 Å². The Bertz CT molecular complexity index is 340. The van der Waals surface area contributed by atoms with Crippen LogP contribution in [-0.4, -0.2) is 30.7 Å². The van der Waals surface area contributed by atoms with Gasteiger partial charge < -0.3 is 14.5 Å². The van der Waals surface area contributed by atoms with E-state index in [9.17, 15) is 8.78 Å². The summed E-state index contributed by atoms with van der Waals surface area (Å²) < 4.78 is 33.7. The first-order chi connectivity index (χ1) is 8.24. The molecule has 0 amide bonds. The number of hydrogen-bond donors (Lipinski definition) is 1. The number of nitrogens with one attached hydrogen (secondary N) is 1. The van der Waals surface area contributed by atoms with Crippen LogP contribution in [0.25, 0.3) is 0 Å². The van der Waals surface area contributed by atoms with E-state index in [4.69, 9.17) is 9.15 Å². The molecule has 0 saturated heterocycles. The van der Waals surface area contributed by atoms with Gasteiger partial charge in [0, 0.05) is 12.5 Å². The van der Waals surface area contributed by atoms with Crippen molar-refractivity contribution in [2.45, 2.75) is 38.3 Å². The van der Waals surface area contributed by atoms with Crippen LogP contribution in [0.15, 0.2) is 10.6 Å². The molecule has 1 aromatic rings. The second-order valence-electron chi connectivity index (χ2n) is 4.09. The molecule has 1 aliphatic carbocycles. The Kier molecular flexibility index (Phi) is 4.44. The van der Waals surface area contributed by atoms with Crippen molar-refractivity contribution in [2.75, 3.05) is 13.2 Å². The SMILES string of the molecule is FC(F)COCCc1cnc(CNC2CC2)o1. The van der Waals surface area contributed by atoms with Crippen LogP contribution in [0, 0.1) is 0 Å². The van der Waals surface area contributed by atoms with Crippen LogP contribution in [0.2, 0.25) is 0 Å². The third kappa shape index (κ3) is 4.79. The van der Waals surface area contributed by atoms with E-state index < -0.39 is 13.0 Å². The van der Waals surface area contributed by atoms with Gasteiger partial charge >= 0.3 is 0 Å². The van der Waals surface area contributed by atoms with Crippen LogP contribution < -0.4 is 5.32 Å². The monoisotopic (exact) mass is 246 g/mol. The molecule has 1 heterocycles. The number of rotatable bonds is 8. The quantitative estimate of drug-likeness (QED) is 0.710. The Labute approximate surface area is 98.4 Å². The summed E-state index contributed by atoms with van der Waals surface area (Å²) in [6, 6.07) is 0.611. The predicted molar refractivity (Wildman–Crippen MR) is 56.9 cm³/mol. The van der Waals surface area contributed by atoms with Crippen molar-refractivity contribution in [2.24, 2.45) is 0 Å². The summed E-state index contributed by atoms with van der Waals surface area (Å²) in [7, 11) is 0. The van der Waals surface area contributed by atoms with E-state index in [-0.39, 0.29) is 6.61 Å². The van der Waals surface area contributed by atoms with E-state index in [2.05, 4.69) is 10.3 Å². The molecule has 96 valence electrons. The maximum atomic E-state index is 11.8. The second kappa shape index (κ2) is 6.07. The predicted octanol–water partition coefficient (Wildman–Crippen LogP) is 1.75. The normalized spacial score (nSPS) is 15.7. The molecule has 17 heavy (non-hydrogen) atoms. The third-order valence-corrected chi connectivity index (χ3v) is 2.46. The average Bonchev–Trinajstić information content (AvgIpc) is 3.01. The van der Waals surface area contributed by atoms with Crippen LogP contribution >= 0.6 is 0 Å². The van der Waals surface area contributed by atoms with Crippen LogP contribution in [-0.2, 0) is 17.7 Å². The van der Waals surface area contributed by atoms with Gasteiger partial charge in [-0.1, -0.05) is 0 Å². The molecule has 0 bridgehead atoms. The van der Waals surface area contributed by atoms with Crippen LogP contribution in [0.1, 0.15) is 24.5 Å². The maximum absolute atomic E-state index is 11.8. The van der Waals surface area contributed by atoms with Crippen molar-refractivity contribution in [3.8, 4) is 0 Å². The summed E-state index contributed by atoms with van der Waals surface area (Å²) in [4.78, 5) is 4.10. The minimum absolute atomic E-state index is 0.231. The van der Waals surface area contributed by atoms with Crippen molar-refractivity contribution in [1.82, 2.24) is 10.3 Å². The van der Waals surface area contributed by atoms with Gasteiger partial charge in [-0.2, -0.15) is 0 Å². The van der Waals surface area contributed by atoms with Gasteiger partial charge in [0.25, 0.3) is 6.43 Å². The summed E-state index contributed by atoms with van der Waals surface area (Å²) in [5.41, 5.74) is 0. The van der Waals surface area contributed by atoms with Gasteiger partial charge in [-0.25, -0.2) is 13.8 Å². The van der Waals surface area contributed by atoms with Gasteiger partial charge in [0.2, 0.25) is 5.89 Å². The van der Waals surface area contributed by atoms with Gasteiger partial charge in [-0.3, -0.25) is 0 Å². The van der Waals surface area contributed by atoms with E-state index in [0.29, 0.717) is 30.7 Å². The van der Waals surface area contributed by atoms with Crippen LogP contribution in [0.4, 0.5) is 8.78 Å². The van der Waals surface area contributed by atoms with Crippen molar-refractivity contribution < 1.29 is 17.9 Å². The van der Waals surface area contributed by atoms with Gasteiger partial charge in [-0.05, 0) is 12.8 Å². The summed E-state index contributed by atoms with van der Waals surface area (Å²) in [6.45, 7) is 0.335. The van der Waals surface area contributed by atoms with E-state index in [1.807, 2.05) is 0 Å². The van der Waals surface area contributed by atoms with E-state index in [1.165, 1.54) is 12.8 Å². The Morgan fingerprint density at radius 1 is 1.53 bits per heavy atom. The minimum atomic E-state index is -2.41. The smallest absolute Gasteiger partial charge is 0.261 e. The van der Waals surface area contributed by atoms with Crippen molar-refractivity contribution in [3.05, 3.63) is 17.8 Å². The maximum Gasteiger partial charge on any atom is 0.261 e. The van der Waals surface area contributed by atoms with Crippen molar-refractivity contribution in [3.63, 3.8) is 0 Å². The fourth-order valence-electron chi connectivity index (χ4n) is 1.41. The highest BCUT2D eigenvalue weighted by Gasteiger charge is 2.20. The zero-order valence-corrected chi connectivity index (χ0v) is 9.49. The molecule has 2 rings (SSSR count). The number of oxazole rings is 1. The molecule has 0 atom stereocenters. The lowest BCUT2D eigenvalue weighted by Gasteiger charge is -2.01. The number of aromatic nitrogens is 1. The third-order valence-electron chi connectivity index (χ3n) is 2.46. The summed E-state index contributed by atoms with van der Waals surface area (Å²) in [6.07, 6.45) is 2.12. The standard InChI is InChI=1S/C11H16F2N2O2/c12-10(13)7-16-4-3-9-5-15-11(17-9)6-14-8-1-2-8/h5,8,10,14H,1-4,6-7H2. The van der Waals surface area contributed by atoms with Crippen LogP contribution in [0.3, 0.4) is 0 Å². The lowest BCUT2D eigenvalue weighted by Crippen LogP contribution is -2.15. The molecule has 1 aromatic heterocycles. The first kappa shape index (κ1) is 12.4. The highest BCUT2D eigenvalue weighted by Crippen LogP contribution is 2.19. The van der Waals surface area contributed by atoms with Gasteiger partial charge in [0.1, 0.15) is 12.4 Å². The molecule has 6 heteroatoms. The number of hydrogen-bond acceptors (Lipinski definition) is 4. The zero-order valence-electron chi connectivity index (χ0n) is 9.49. The molecule has 0 spiro atoms. The van der Waals surface area contributed by atoms with Crippen LogP contribution in [0.5, 0.6) is 0 Å². The molecule has 4 nitrogen and oxygen atoms in total. The lowest BCUT2D eigenvalue weighted by atomic mass is 10.4. The van der Waals surface area contributed by atoms with Crippen molar-refractivity contribution in [1.29, 1.82) is 0 Å². The average molecular weight is 246 g/mol. The molecule has 0 radical (unpaired) electrons. The molecular weight excluding hydrogens is 230 g/mol. The number of alkyl halides is 2. The van der Waals surface area contributed by atoms with E-state index in [0.717, 1.165) is 0 Å². The molecule has 0 unspecified atom stereocenters. The van der Waals surface area contributed by atoms with Gasteiger partial charge in [-0.15, -0.1) is 0 Å². The second-order valence-corrected chi connectivity index (χ2v) is 4.09. The largest absolute Gasteiger partial charge is 0.444 e. The first-order valence-corrected chi connectivity index (χ1v) is 5.77. The molecule has 1 aliphatic rings. The number of halogens is 2. The zero-order chi connectivity index (χ0) is 12.1. The summed E-state index contributed by atoms with van der Waals surface area (Å²) in [5, 5.41) is 3.28. The molecule has 1 saturated carbocycles. The molecule has 0 aromatic carbocycles. The minimum Gasteiger partial charge on any atom is -0.444 e. The Hall–Kier alpha value is -1.01. The molecular formula is C11H16F2N2O2. The summed E-state index contributed by atoms with van der Waals surface area (Å²) in [5.74, 6) is 1.31. The molecule has 0 aliphatic heterocycles. The fourth-order valence-corrected chi connectivity index (χ4v) is 1.41.